The van der Waals surface area contributed by atoms with Gasteiger partial charge in [0.15, 0.2) is 0 Å². The largest absolute Gasteiger partial charge is 0.0916 e. The number of hydrogen-bond acceptors (Lipinski definition) is 0. The molecule has 0 saturated heterocycles. The molecule has 0 aromatic carbocycles. The number of halogens is 8. The fourth-order valence-corrected chi connectivity index (χ4v) is 7.87. The Labute approximate surface area is 200 Å². The monoisotopic (exact) mass is 815 g/mol. The summed E-state index contributed by atoms with van der Waals surface area (Å²) in [5.41, 5.74) is 0. The lowest BCUT2D eigenvalue weighted by Gasteiger charge is -2.30. The van der Waals surface area contributed by atoms with Gasteiger partial charge in [-0.05, 0) is 0 Å². The van der Waals surface area contributed by atoms with Gasteiger partial charge < -0.3 is 0 Å². The second kappa shape index (κ2) is 11.9. The quantitative estimate of drug-likeness (QED) is 0.174. The Morgan fingerprint density at radius 2 is 0.864 bits per heavy atom. The summed E-state index contributed by atoms with van der Waals surface area (Å²) in [5.74, 6) is 0.785. The molecule has 128 valence electrons. The van der Waals surface area contributed by atoms with E-state index in [-0.39, 0.29) is 0 Å². The first-order valence-electron chi connectivity index (χ1n) is 6.66. The van der Waals surface area contributed by atoms with Crippen LogP contribution in [0.4, 0.5) is 0 Å². The Bertz CT molecular complexity index is 337. The van der Waals surface area contributed by atoms with Gasteiger partial charge in [0, 0.05) is 51.5 Å². The molecule has 6 unspecified atom stereocenters. The normalized spacial score (nSPS) is 29.6. The van der Waals surface area contributed by atoms with Crippen LogP contribution in [0.25, 0.3) is 0 Å². The summed E-state index contributed by atoms with van der Waals surface area (Å²) in [5, 5.41) is 1.84. The maximum Gasteiger partial charge on any atom is 0.0413 e. The molecule has 8 heteroatoms. The van der Waals surface area contributed by atoms with Crippen molar-refractivity contribution < 1.29 is 0 Å². The Morgan fingerprint density at radius 3 is 1.09 bits per heavy atom. The van der Waals surface area contributed by atoms with Crippen molar-refractivity contribution >= 4 is 127 Å². The third kappa shape index (κ3) is 6.80. The molecule has 1 aliphatic rings. The number of hydrogen-bond donors (Lipinski definition) is 0. The van der Waals surface area contributed by atoms with Gasteiger partial charge in [-0.3, -0.25) is 0 Å². The van der Waals surface area contributed by atoms with Crippen molar-refractivity contribution in [2.24, 2.45) is 11.8 Å². The van der Waals surface area contributed by atoms with Crippen LogP contribution in [0.1, 0.15) is 0 Å². The van der Waals surface area contributed by atoms with E-state index in [0.717, 1.165) is 10.7 Å². The summed E-state index contributed by atoms with van der Waals surface area (Å²) < 4.78 is 0. The summed E-state index contributed by atoms with van der Waals surface area (Å²) in [6.07, 6.45) is 9.21. The van der Waals surface area contributed by atoms with E-state index in [0.29, 0.717) is 40.8 Å². The Kier molecular flexibility index (Phi) is 12.6. The first kappa shape index (κ1) is 23.4. The summed E-state index contributed by atoms with van der Waals surface area (Å²) in [6.45, 7) is 0. The smallest absolute Gasteiger partial charge is 0.0413 e. The molecule has 0 radical (unpaired) electrons. The first-order chi connectivity index (χ1) is 10.3. The minimum absolute atomic E-state index is 0.350. The Hall–Kier alpha value is 3.32. The molecule has 0 bridgehead atoms. The molecule has 0 aromatic heterocycles. The van der Waals surface area contributed by atoms with Gasteiger partial charge in [-0.15, -0.1) is 0 Å². The predicted molar refractivity (Wildman–Crippen MR) is 129 cm³/mol. The average molecular weight is 824 g/mol. The van der Waals surface area contributed by atoms with Crippen LogP contribution in [-0.4, -0.2) is 39.6 Å². The minimum atomic E-state index is 0.350. The highest BCUT2D eigenvalue weighted by Crippen LogP contribution is 2.36. The average Bonchev–Trinajstić information content (AvgIpc) is 2.57. The van der Waals surface area contributed by atoms with Gasteiger partial charge >= 0.3 is 0 Å². The molecule has 22 heavy (non-hydrogen) atoms. The zero-order chi connectivity index (χ0) is 16.9. The lowest BCUT2D eigenvalue weighted by Crippen LogP contribution is -2.33. The number of alkyl halides is 8. The number of rotatable bonds is 8. The molecule has 0 spiro atoms. The van der Waals surface area contributed by atoms with Crippen molar-refractivity contribution in [3.8, 4) is 0 Å². The second-order valence-corrected chi connectivity index (χ2v) is 12.9. The van der Waals surface area contributed by atoms with E-state index in [1.165, 1.54) is 0 Å². The van der Waals surface area contributed by atoms with E-state index in [9.17, 15) is 0 Å². The maximum atomic E-state index is 3.83. The van der Waals surface area contributed by atoms with Crippen LogP contribution in [0, 0.1) is 11.8 Å². The van der Waals surface area contributed by atoms with Gasteiger partial charge in [-0.25, -0.2) is 0 Å². The summed E-state index contributed by atoms with van der Waals surface area (Å²) >= 11 is 29.6. The fraction of sp³-hybridized carbons (Fsp3) is 0.714. The third-order valence-corrected chi connectivity index (χ3v) is 16.0. The second-order valence-electron chi connectivity index (χ2n) is 5.04. The zero-order valence-corrected chi connectivity index (χ0v) is 24.1. The molecule has 0 heterocycles. The molecular formula is C14H16Br8. The summed E-state index contributed by atoms with van der Waals surface area (Å²) in [4.78, 5) is 2.19. The van der Waals surface area contributed by atoms with Crippen LogP contribution in [0.15, 0.2) is 24.3 Å². The lowest BCUT2D eigenvalue weighted by molar-refractivity contribution is 0.653. The highest BCUT2D eigenvalue weighted by Gasteiger charge is 2.31. The van der Waals surface area contributed by atoms with E-state index in [1.54, 1.807) is 0 Å². The molecule has 0 N–H and O–H groups in total. The zero-order valence-electron chi connectivity index (χ0n) is 11.4. The van der Waals surface area contributed by atoms with E-state index in [1.807, 2.05) is 0 Å². The molecule has 0 aliphatic heterocycles. The minimum Gasteiger partial charge on any atom is -0.0916 e. The van der Waals surface area contributed by atoms with Crippen LogP contribution in [0.5, 0.6) is 0 Å². The van der Waals surface area contributed by atoms with Crippen molar-refractivity contribution in [1.82, 2.24) is 0 Å². The van der Waals surface area contributed by atoms with Crippen molar-refractivity contribution in [2.75, 3.05) is 10.7 Å². The van der Waals surface area contributed by atoms with Crippen LogP contribution in [0.3, 0.4) is 0 Å². The van der Waals surface area contributed by atoms with E-state index >= 15 is 0 Å². The Morgan fingerprint density at radius 1 is 0.591 bits per heavy atom. The van der Waals surface area contributed by atoms with Gasteiger partial charge in [-0.1, -0.05) is 152 Å². The van der Waals surface area contributed by atoms with Gasteiger partial charge in [-0.2, -0.15) is 0 Å². The van der Waals surface area contributed by atoms with E-state index in [2.05, 4.69) is 152 Å². The van der Waals surface area contributed by atoms with Gasteiger partial charge in [0.2, 0.25) is 0 Å². The van der Waals surface area contributed by atoms with Gasteiger partial charge in [0.1, 0.15) is 0 Å². The molecule has 0 amide bonds. The summed E-state index contributed by atoms with van der Waals surface area (Å²) in [7, 11) is 0. The fourth-order valence-electron chi connectivity index (χ4n) is 2.06. The van der Waals surface area contributed by atoms with Crippen LogP contribution in [0.2, 0.25) is 0 Å². The number of allylic oxidation sites excluding steroid dienone is 4. The van der Waals surface area contributed by atoms with Gasteiger partial charge in [0.25, 0.3) is 0 Å². The van der Waals surface area contributed by atoms with Crippen molar-refractivity contribution in [2.45, 2.75) is 29.0 Å². The highest BCUT2D eigenvalue weighted by atomic mass is 79.9. The first-order valence-corrected chi connectivity index (χ1v) is 14.4. The Balaban J connectivity index is 2.64. The molecule has 1 aliphatic carbocycles. The molecule has 0 aromatic rings. The van der Waals surface area contributed by atoms with Crippen LogP contribution in [-0.2, 0) is 0 Å². The SMILES string of the molecule is BrCC(Br)C(Br)C(Br)C1C=CC(C(Br)C(Br)C(Br)CBr)C=C1. The van der Waals surface area contributed by atoms with Crippen LogP contribution >= 0.6 is 127 Å². The lowest BCUT2D eigenvalue weighted by atomic mass is 9.90. The van der Waals surface area contributed by atoms with Crippen molar-refractivity contribution in [3.63, 3.8) is 0 Å². The van der Waals surface area contributed by atoms with Crippen molar-refractivity contribution in [1.29, 1.82) is 0 Å². The topological polar surface area (TPSA) is 0 Å². The molecular weight excluding hydrogens is 807 g/mol. The van der Waals surface area contributed by atoms with Crippen molar-refractivity contribution in [3.05, 3.63) is 24.3 Å². The maximum absolute atomic E-state index is 3.83. The molecule has 0 saturated carbocycles. The molecule has 1 rings (SSSR count). The standard InChI is InChI=1S/C14H16Br8/c15-5-9(17)13(21)11(19)7-1-2-8(4-3-7)12(20)14(22)10(18)6-16/h1-4,7-14H,5-6H2. The van der Waals surface area contributed by atoms with E-state index in [4.69, 9.17) is 0 Å². The van der Waals surface area contributed by atoms with Gasteiger partial charge in [0.05, 0.1) is 0 Å². The highest BCUT2D eigenvalue weighted by molar-refractivity contribution is 9.15. The molecule has 0 nitrogen and oxygen atoms in total. The molecule has 0 fully saturated rings. The third-order valence-electron chi connectivity index (χ3n) is 3.44. The predicted octanol–water partition coefficient (Wildman–Crippen LogP) is 7.72. The van der Waals surface area contributed by atoms with Crippen LogP contribution < -0.4 is 0 Å². The molecule has 6 atom stereocenters. The van der Waals surface area contributed by atoms with E-state index < -0.39 is 0 Å². The summed E-state index contributed by atoms with van der Waals surface area (Å²) in [6, 6.07) is 0.